The Labute approximate surface area is 205 Å². The molecular weight excluding hydrogens is 510 g/mol. The van der Waals surface area contributed by atoms with Crippen LogP contribution in [-0.4, -0.2) is 26.7 Å². The maximum absolute atomic E-state index is 13.9. The molecule has 3 aromatic carbocycles. The van der Waals surface area contributed by atoms with Gasteiger partial charge in [0.2, 0.25) is 5.60 Å². The van der Waals surface area contributed by atoms with Crippen LogP contribution in [0.15, 0.2) is 77.7 Å². The number of aryl methyl sites for hydroxylation is 1. The zero-order chi connectivity index (χ0) is 25.3. The van der Waals surface area contributed by atoms with Crippen molar-refractivity contribution in [3.63, 3.8) is 0 Å². The van der Waals surface area contributed by atoms with Gasteiger partial charge in [-0.2, -0.15) is 13.2 Å². The summed E-state index contributed by atoms with van der Waals surface area (Å²) in [6, 6.07) is 15.5. The smallest absolute Gasteiger partial charge is 0.373 e. The highest BCUT2D eigenvalue weighted by Gasteiger charge is 2.53. The average Bonchev–Trinajstić information content (AvgIpc) is 2.78. The molecule has 180 valence electrons. The first-order chi connectivity index (χ1) is 15.8. The summed E-state index contributed by atoms with van der Waals surface area (Å²) in [5.74, 6) is 0. The Morgan fingerprint density at radius 1 is 0.971 bits per heavy atom. The van der Waals surface area contributed by atoms with E-state index in [1.807, 2.05) is 0 Å². The lowest BCUT2D eigenvalue weighted by Crippen LogP contribution is -2.40. The van der Waals surface area contributed by atoms with Gasteiger partial charge in [-0.1, -0.05) is 71.7 Å². The fourth-order valence-electron chi connectivity index (χ4n) is 3.33. The quantitative estimate of drug-likeness (QED) is 0.391. The molecule has 0 saturated carbocycles. The third kappa shape index (κ3) is 5.10. The molecule has 3 rings (SSSR count). The molecule has 0 saturated heterocycles. The molecule has 1 unspecified atom stereocenters. The number of halogens is 5. The molecule has 34 heavy (non-hydrogen) atoms. The Balaban J connectivity index is 2.04. The Bertz CT molecular complexity index is 1330. The summed E-state index contributed by atoms with van der Waals surface area (Å²) in [6.07, 6.45) is -3.18. The van der Waals surface area contributed by atoms with Crippen LogP contribution in [0.1, 0.15) is 16.7 Å². The van der Waals surface area contributed by atoms with Gasteiger partial charge in [0, 0.05) is 12.1 Å². The lowest BCUT2D eigenvalue weighted by Gasteiger charge is -2.29. The zero-order valence-corrected chi connectivity index (χ0v) is 20.3. The van der Waals surface area contributed by atoms with Gasteiger partial charge in [0.25, 0.3) is 10.0 Å². The highest BCUT2D eigenvalue weighted by molar-refractivity contribution is 7.93. The monoisotopic (exact) mass is 529 g/mol. The topological polar surface area (TPSA) is 57.6 Å². The Hall–Kier alpha value is -2.52. The summed E-state index contributed by atoms with van der Waals surface area (Å²) in [5.41, 5.74) is -2.98. The molecule has 0 bridgehead atoms. The molecule has 0 spiro atoms. The maximum Gasteiger partial charge on any atom is 0.425 e. The van der Waals surface area contributed by atoms with Gasteiger partial charge in [-0.25, -0.2) is 8.42 Å². The molecule has 0 aliphatic heterocycles. The maximum atomic E-state index is 13.9. The number of nitrogens with zero attached hydrogens (tertiary/aromatic N) is 1. The van der Waals surface area contributed by atoms with Crippen molar-refractivity contribution in [2.75, 3.05) is 11.4 Å². The molecule has 0 aliphatic carbocycles. The summed E-state index contributed by atoms with van der Waals surface area (Å²) in [5, 5.41) is 10.8. The molecule has 3 aromatic rings. The standard InChI is InChI=1S/C24H20Cl2F3NO3S/c1-16-14-18(23(31,24(27,28)29)13-12-17-6-4-3-5-7-17)8-11-21(16)30(2)34(32,33)22-15-19(25)9-10-20(22)26/h3-15,31H,1-2H3/b13-12+. The lowest BCUT2D eigenvalue weighted by atomic mass is 9.90. The van der Waals surface area contributed by atoms with E-state index in [0.717, 1.165) is 16.4 Å². The SMILES string of the molecule is Cc1cc(C(O)(/C=C/c2ccccc2)C(F)(F)F)ccc1N(C)S(=O)(=O)c1cc(Cl)ccc1Cl. The van der Waals surface area contributed by atoms with E-state index in [1.54, 1.807) is 30.3 Å². The number of sulfonamides is 1. The van der Waals surface area contributed by atoms with Crippen molar-refractivity contribution < 1.29 is 26.7 Å². The Morgan fingerprint density at radius 3 is 2.21 bits per heavy atom. The molecule has 1 atom stereocenters. The van der Waals surface area contributed by atoms with Gasteiger partial charge in [0.1, 0.15) is 4.90 Å². The Morgan fingerprint density at radius 2 is 1.62 bits per heavy atom. The van der Waals surface area contributed by atoms with E-state index in [4.69, 9.17) is 23.2 Å². The fraction of sp³-hybridized carbons (Fsp3) is 0.167. The minimum Gasteiger partial charge on any atom is -0.373 e. The van der Waals surface area contributed by atoms with E-state index < -0.39 is 27.4 Å². The van der Waals surface area contributed by atoms with Crippen LogP contribution >= 0.6 is 23.2 Å². The van der Waals surface area contributed by atoms with Crippen molar-refractivity contribution in [3.8, 4) is 0 Å². The lowest BCUT2D eigenvalue weighted by molar-refractivity contribution is -0.244. The predicted octanol–water partition coefficient (Wildman–Crippen LogP) is 6.59. The van der Waals surface area contributed by atoms with Crippen molar-refractivity contribution in [1.82, 2.24) is 0 Å². The number of hydrogen-bond acceptors (Lipinski definition) is 3. The van der Waals surface area contributed by atoms with Crippen LogP contribution < -0.4 is 4.31 Å². The highest BCUT2D eigenvalue weighted by Crippen LogP contribution is 2.42. The first kappa shape index (κ1) is 26.1. The zero-order valence-electron chi connectivity index (χ0n) is 18.0. The molecule has 4 nitrogen and oxygen atoms in total. The van der Waals surface area contributed by atoms with E-state index in [9.17, 15) is 26.7 Å². The van der Waals surface area contributed by atoms with Gasteiger partial charge in [-0.15, -0.1) is 0 Å². The van der Waals surface area contributed by atoms with E-state index in [1.165, 1.54) is 44.3 Å². The van der Waals surface area contributed by atoms with Crippen LogP contribution in [0.4, 0.5) is 18.9 Å². The summed E-state index contributed by atoms with van der Waals surface area (Å²) >= 11 is 12.0. The third-order valence-corrected chi connectivity index (χ3v) is 7.74. The first-order valence-corrected chi connectivity index (χ1v) is 12.1. The van der Waals surface area contributed by atoms with Crippen LogP contribution in [-0.2, 0) is 15.6 Å². The number of aliphatic hydroxyl groups is 1. The molecule has 10 heteroatoms. The van der Waals surface area contributed by atoms with Gasteiger partial charge < -0.3 is 5.11 Å². The molecule has 1 N–H and O–H groups in total. The number of benzene rings is 3. The summed E-state index contributed by atoms with van der Waals surface area (Å²) in [6.45, 7) is 1.45. The third-order valence-electron chi connectivity index (χ3n) is 5.26. The second kappa shape index (κ2) is 9.62. The van der Waals surface area contributed by atoms with Crippen LogP contribution in [0.2, 0.25) is 10.0 Å². The number of anilines is 1. The number of rotatable bonds is 6. The number of alkyl halides is 3. The molecule has 0 radical (unpaired) electrons. The van der Waals surface area contributed by atoms with Crippen molar-refractivity contribution in [1.29, 1.82) is 0 Å². The molecule has 0 aliphatic rings. The predicted molar refractivity (Wildman–Crippen MR) is 129 cm³/mol. The highest BCUT2D eigenvalue weighted by atomic mass is 35.5. The molecular formula is C24H20Cl2F3NO3S. The fourth-order valence-corrected chi connectivity index (χ4v) is 5.33. The summed E-state index contributed by atoms with van der Waals surface area (Å²) < 4.78 is 68.9. The van der Waals surface area contributed by atoms with Gasteiger partial charge in [0.05, 0.1) is 10.7 Å². The number of hydrogen-bond donors (Lipinski definition) is 1. The summed E-state index contributed by atoms with van der Waals surface area (Å²) in [7, 11) is -2.92. The first-order valence-electron chi connectivity index (χ1n) is 9.86. The Kier molecular flexibility index (Phi) is 7.38. The van der Waals surface area contributed by atoms with Gasteiger partial charge in [-0.3, -0.25) is 4.31 Å². The van der Waals surface area contributed by atoms with Crippen molar-refractivity contribution in [3.05, 3.63) is 99.5 Å². The second-order valence-corrected chi connectivity index (χ2v) is 10.3. The molecule has 0 amide bonds. The van der Waals surface area contributed by atoms with Crippen LogP contribution in [0.3, 0.4) is 0 Å². The van der Waals surface area contributed by atoms with Crippen molar-refractivity contribution in [2.24, 2.45) is 0 Å². The van der Waals surface area contributed by atoms with E-state index in [2.05, 4.69) is 0 Å². The molecule has 0 heterocycles. The van der Waals surface area contributed by atoms with E-state index >= 15 is 0 Å². The van der Waals surface area contributed by atoms with Gasteiger partial charge in [0.15, 0.2) is 0 Å². The second-order valence-electron chi connectivity index (χ2n) is 7.56. The molecule has 0 fully saturated rings. The van der Waals surface area contributed by atoms with Crippen LogP contribution in [0, 0.1) is 6.92 Å². The van der Waals surface area contributed by atoms with E-state index in [-0.39, 0.29) is 26.2 Å². The largest absolute Gasteiger partial charge is 0.425 e. The van der Waals surface area contributed by atoms with Crippen molar-refractivity contribution in [2.45, 2.75) is 23.6 Å². The average molecular weight is 530 g/mol. The van der Waals surface area contributed by atoms with Crippen molar-refractivity contribution >= 4 is 45.0 Å². The summed E-state index contributed by atoms with van der Waals surface area (Å²) in [4.78, 5) is -0.245. The minimum absolute atomic E-state index is 0.0528. The van der Waals surface area contributed by atoms with Gasteiger partial charge in [-0.05, 0) is 54.0 Å². The molecule has 0 aromatic heterocycles. The van der Waals surface area contributed by atoms with Crippen LogP contribution in [0.5, 0.6) is 0 Å². The van der Waals surface area contributed by atoms with Gasteiger partial charge >= 0.3 is 6.18 Å². The van der Waals surface area contributed by atoms with Crippen LogP contribution in [0.25, 0.3) is 6.08 Å². The van der Waals surface area contributed by atoms with E-state index in [0.29, 0.717) is 11.6 Å². The normalized spacial score (nSPS) is 14.2. The minimum atomic E-state index is -5.03.